The molecule has 0 unspecified atom stereocenters. The molecule has 2 aromatic heterocycles. The van der Waals surface area contributed by atoms with Crippen LogP contribution in [0.4, 0.5) is 0 Å². The first-order valence-electron chi connectivity index (χ1n) is 4.78. The number of allylic oxidation sites excluding steroid dienone is 1. The summed E-state index contributed by atoms with van der Waals surface area (Å²) in [6.07, 6.45) is 5.58. The van der Waals surface area contributed by atoms with Crippen molar-refractivity contribution >= 4 is 5.97 Å². The molecular weight excluding hydrogens is 206 g/mol. The minimum Gasteiger partial charge on any atom is -0.477 e. The molecule has 0 spiro atoms. The summed E-state index contributed by atoms with van der Waals surface area (Å²) in [4.78, 5) is 11.2. The van der Waals surface area contributed by atoms with Gasteiger partial charge in [-0.15, -0.1) is 6.58 Å². The molecule has 5 heteroatoms. The molecule has 82 valence electrons. The summed E-state index contributed by atoms with van der Waals surface area (Å²) >= 11 is 0. The molecule has 0 aliphatic rings. The van der Waals surface area contributed by atoms with Crippen LogP contribution in [0.3, 0.4) is 0 Å². The van der Waals surface area contributed by atoms with E-state index in [-0.39, 0.29) is 5.56 Å². The predicted octanol–water partition coefficient (Wildman–Crippen LogP) is 1.63. The van der Waals surface area contributed by atoms with Crippen molar-refractivity contribution in [3.63, 3.8) is 0 Å². The van der Waals surface area contributed by atoms with Gasteiger partial charge in [0.25, 0.3) is 0 Å². The number of nitrogens with one attached hydrogen (secondary N) is 1. The standard InChI is InChI=1S/C11H11N3O2/c1-2-5-8-9(11(15)16)10(13-12-8)14-6-3-4-7-14/h2-4,6-7H,1,5H2,(H,12,13)(H,15,16). The van der Waals surface area contributed by atoms with Gasteiger partial charge in [0.05, 0.1) is 5.69 Å². The summed E-state index contributed by atoms with van der Waals surface area (Å²) in [5.41, 5.74) is 0.683. The minimum absolute atomic E-state index is 0.191. The molecule has 2 heterocycles. The number of carboxylic acids is 1. The highest BCUT2D eigenvalue weighted by Gasteiger charge is 2.19. The van der Waals surface area contributed by atoms with Crippen LogP contribution in [-0.2, 0) is 6.42 Å². The molecular formula is C11H11N3O2. The largest absolute Gasteiger partial charge is 0.477 e. The van der Waals surface area contributed by atoms with Gasteiger partial charge in [0.1, 0.15) is 11.4 Å². The normalized spacial score (nSPS) is 10.2. The molecule has 0 bridgehead atoms. The van der Waals surface area contributed by atoms with Crippen molar-refractivity contribution in [1.82, 2.24) is 14.8 Å². The maximum atomic E-state index is 11.2. The lowest BCUT2D eigenvalue weighted by Crippen LogP contribution is -2.04. The predicted molar refractivity (Wildman–Crippen MR) is 58.8 cm³/mol. The van der Waals surface area contributed by atoms with Gasteiger partial charge in [-0.3, -0.25) is 5.10 Å². The van der Waals surface area contributed by atoms with E-state index in [9.17, 15) is 4.79 Å². The van der Waals surface area contributed by atoms with Gasteiger partial charge in [0.15, 0.2) is 0 Å². The van der Waals surface area contributed by atoms with Crippen LogP contribution in [0.15, 0.2) is 37.2 Å². The fourth-order valence-corrected chi connectivity index (χ4v) is 1.55. The number of hydrogen-bond donors (Lipinski definition) is 2. The molecule has 0 saturated carbocycles. The average molecular weight is 217 g/mol. The molecule has 0 aliphatic heterocycles. The SMILES string of the molecule is C=CCc1n[nH]c(-n2cccc2)c1C(=O)O. The molecule has 2 aromatic rings. The zero-order valence-electron chi connectivity index (χ0n) is 8.55. The van der Waals surface area contributed by atoms with E-state index in [1.807, 2.05) is 12.1 Å². The molecule has 0 atom stereocenters. The average Bonchev–Trinajstić information content (AvgIpc) is 2.83. The Bertz CT molecular complexity index is 511. The monoisotopic (exact) mass is 217 g/mol. The van der Waals surface area contributed by atoms with Gasteiger partial charge in [0, 0.05) is 18.8 Å². The van der Waals surface area contributed by atoms with Crippen molar-refractivity contribution in [2.45, 2.75) is 6.42 Å². The number of nitrogens with zero attached hydrogens (tertiary/aromatic N) is 2. The summed E-state index contributed by atoms with van der Waals surface area (Å²) in [7, 11) is 0. The third kappa shape index (κ3) is 1.63. The highest BCUT2D eigenvalue weighted by molar-refractivity contribution is 5.92. The third-order valence-electron chi connectivity index (χ3n) is 2.24. The van der Waals surface area contributed by atoms with E-state index in [4.69, 9.17) is 5.11 Å². The van der Waals surface area contributed by atoms with Crippen molar-refractivity contribution in [2.24, 2.45) is 0 Å². The van der Waals surface area contributed by atoms with Crippen molar-refractivity contribution in [3.05, 3.63) is 48.4 Å². The van der Waals surface area contributed by atoms with E-state index < -0.39 is 5.97 Å². The van der Waals surface area contributed by atoms with Gasteiger partial charge < -0.3 is 9.67 Å². The molecule has 0 amide bonds. The number of aromatic amines is 1. The molecule has 0 aliphatic carbocycles. The van der Waals surface area contributed by atoms with Crippen LogP contribution < -0.4 is 0 Å². The number of rotatable bonds is 4. The third-order valence-corrected chi connectivity index (χ3v) is 2.24. The van der Waals surface area contributed by atoms with E-state index in [0.29, 0.717) is 17.9 Å². The molecule has 2 rings (SSSR count). The van der Waals surface area contributed by atoms with Gasteiger partial charge >= 0.3 is 5.97 Å². The molecule has 5 nitrogen and oxygen atoms in total. The summed E-state index contributed by atoms with van der Waals surface area (Å²) in [6.45, 7) is 3.57. The second kappa shape index (κ2) is 4.06. The number of aromatic nitrogens is 3. The number of carboxylic acid groups (broad SMARTS) is 1. The maximum absolute atomic E-state index is 11.2. The minimum atomic E-state index is -0.991. The van der Waals surface area contributed by atoms with Gasteiger partial charge in [-0.05, 0) is 12.1 Å². The molecule has 0 radical (unpaired) electrons. The molecule has 0 fully saturated rings. The Kier molecular flexibility index (Phi) is 2.59. The van der Waals surface area contributed by atoms with E-state index in [0.717, 1.165) is 0 Å². The van der Waals surface area contributed by atoms with Crippen LogP contribution in [0, 0.1) is 0 Å². The second-order valence-electron chi connectivity index (χ2n) is 3.28. The molecule has 0 saturated heterocycles. The van der Waals surface area contributed by atoms with Crippen LogP contribution in [0.1, 0.15) is 16.1 Å². The van der Waals surface area contributed by atoms with Gasteiger partial charge in [-0.2, -0.15) is 5.10 Å². The zero-order valence-corrected chi connectivity index (χ0v) is 8.55. The lowest BCUT2D eigenvalue weighted by Gasteiger charge is -2.00. The van der Waals surface area contributed by atoms with Crippen molar-refractivity contribution in [3.8, 4) is 5.82 Å². The Labute approximate surface area is 92.0 Å². The molecule has 2 N–H and O–H groups in total. The van der Waals surface area contributed by atoms with Crippen LogP contribution in [0.25, 0.3) is 5.82 Å². The summed E-state index contributed by atoms with van der Waals surface area (Å²) in [6, 6.07) is 3.64. The first-order chi connectivity index (χ1) is 7.74. The smallest absolute Gasteiger partial charge is 0.341 e. The van der Waals surface area contributed by atoms with Crippen molar-refractivity contribution in [2.75, 3.05) is 0 Å². The number of aromatic carboxylic acids is 1. The van der Waals surface area contributed by atoms with E-state index >= 15 is 0 Å². The van der Waals surface area contributed by atoms with Gasteiger partial charge in [-0.25, -0.2) is 4.79 Å². The Morgan fingerprint density at radius 2 is 2.25 bits per heavy atom. The topological polar surface area (TPSA) is 70.9 Å². The fraction of sp³-hybridized carbons (Fsp3) is 0.0909. The highest BCUT2D eigenvalue weighted by atomic mass is 16.4. The van der Waals surface area contributed by atoms with E-state index in [1.165, 1.54) is 0 Å². The van der Waals surface area contributed by atoms with Crippen LogP contribution >= 0.6 is 0 Å². The van der Waals surface area contributed by atoms with E-state index in [1.54, 1.807) is 23.0 Å². The Morgan fingerprint density at radius 1 is 1.56 bits per heavy atom. The summed E-state index contributed by atoms with van der Waals surface area (Å²) in [5.74, 6) is -0.524. The molecule has 0 aromatic carbocycles. The fourth-order valence-electron chi connectivity index (χ4n) is 1.55. The highest BCUT2D eigenvalue weighted by Crippen LogP contribution is 2.16. The van der Waals surface area contributed by atoms with Crippen molar-refractivity contribution < 1.29 is 9.90 Å². The number of carbonyl (C=O) groups is 1. The summed E-state index contributed by atoms with van der Waals surface area (Å²) in [5, 5.41) is 15.9. The van der Waals surface area contributed by atoms with E-state index in [2.05, 4.69) is 16.8 Å². The van der Waals surface area contributed by atoms with Crippen LogP contribution in [-0.4, -0.2) is 25.8 Å². The second-order valence-corrected chi connectivity index (χ2v) is 3.28. The first kappa shape index (κ1) is 10.2. The van der Waals surface area contributed by atoms with Gasteiger partial charge in [0.2, 0.25) is 0 Å². The van der Waals surface area contributed by atoms with Crippen molar-refractivity contribution in [1.29, 1.82) is 0 Å². The quantitative estimate of drug-likeness (QED) is 0.764. The molecule has 16 heavy (non-hydrogen) atoms. The lowest BCUT2D eigenvalue weighted by molar-refractivity contribution is 0.0696. The van der Waals surface area contributed by atoms with Gasteiger partial charge in [-0.1, -0.05) is 6.08 Å². The Balaban J connectivity index is 2.54. The zero-order chi connectivity index (χ0) is 11.5. The number of H-pyrrole nitrogens is 1. The Morgan fingerprint density at radius 3 is 2.81 bits per heavy atom. The number of hydrogen-bond acceptors (Lipinski definition) is 2. The van der Waals surface area contributed by atoms with Crippen LogP contribution in [0.2, 0.25) is 0 Å². The lowest BCUT2D eigenvalue weighted by atomic mass is 10.2. The van der Waals surface area contributed by atoms with Crippen LogP contribution in [0.5, 0.6) is 0 Å². The Hall–Kier alpha value is -2.30. The first-order valence-corrected chi connectivity index (χ1v) is 4.78. The summed E-state index contributed by atoms with van der Waals surface area (Å²) < 4.78 is 1.68. The maximum Gasteiger partial charge on any atom is 0.341 e.